The number of nitrogens with zero attached hydrogens (tertiary/aromatic N) is 3. The Hall–Kier alpha value is -0.820. The zero-order valence-electron chi connectivity index (χ0n) is 15.0. The molecule has 1 aliphatic heterocycles. The van der Waals surface area contributed by atoms with Gasteiger partial charge in [-0.3, -0.25) is 9.69 Å². The number of ether oxygens (including phenoxy) is 1. The molecule has 2 aliphatic rings. The summed E-state index contributed by atoms with van der Waals surface area (Å²) >= 11 is 0. The molecule has 6 nitrogen and oxygen atoms in total. The highest BCUT2D eigenvalue weighted by Gasteiger charge is 2.42. The minimum Gasteiger partial charge on any atom is -0.383 e. The van der Waals surface area contributed by atoms with E-state index >= 15 is 0 Å². The van der Waals surface area contributed by atoms with Crippen molar-refractivity contribution >= 4 is 30.7 Å². The van der Waals surface area contributed by atoms with Crippen LogP contribution in [0.4, 0.5) is 0 Å². The Morgan fingerprint density at radius 3 is 2.76 bits per heavy atom. The van der Waals surface area contributed by atoms with Gasteiger partial charge in [0, 0.05) is 51.6 Å². The molecule has 0 bridgehead atoms. The molecular weight excluding hydrogens is 363 g/mol. The molecule has 3 rings (SSSR count). The maximum atomic E-state index is 11.8. The summed E-state index contributed by atoms with van der Waals surface area (Å²) in [7, 11) is 1.72. The zero-order valence-corrected chi connectivity index (χ0v) is 16.7. The standard InChI is InChI=1S/C17H28N4O2.2ClH/c1-3-17(22)19-15-11-20(10-14(15)13-4-5-13)12-16-18-6-7-21(16)8-9-23-2;;/h6-7,13-15H,3-5,8-12H2,1-2H3,(H,19,22);2*1H/t14-,15+;;/m1../s1. The minimum atomic E-state index is 0. The van der Waals surface area contributed by atoms with Crippen molar-refractivity contribution in [3.8, 4) is 0 Å². The molecule has 0 radical (unpaired) electrons. The molecule has 2 heterocycles. The molecule has 0 aromatic carbocycles. The van der Waals surface area contributed by atoms with Crippen molar-refractivity contribution in [1.82, 2.24) is 19.8 Å². The van der Waals surface area contributed by atoms with Gasteiger partial charge in [-0.05, 0) is 24.7 Å². The number of aromatic nitrogens is 2. The topological polar surface area (TPSA) is 59.4 Å². The van der Waals surface area contributed by atoms with Crippen LogP contribution in [0.1, 0.15) is 32.0 Å². The number of hydrogen-bond donors (Lipinski definition) is 1. The molecule has 1 saturated heterocycles. The lowest BCUT2D eigenvalue weighted by Gasteiger charge is -2.19. The van der Waals surface area contributed by atoms with Crippen molar-refractivity contribution in [2.45, 2.75) is 45.3 Å². The zero-order chi connectivity index (χ0) is 16.2. The summed E-state index contributed by atoms with van der Waals surface area (Å²) in [5.74, 6) is 2.66. The molecule has 1 aromatic rings. The molecule has 1 aromatic heterocycles. The van der Waals surface area contributed by atoms with Crippen molar-refractivity contribution < 1.29 is 9.53 Å². The molecule has 1 N–H and O–H groups in total. The van der Waals surface area contributed by atoms with E-state index in [1.807, 2.05) is 19.3 Å². The normalized spacial score (nSPS) is 23.0. The first-order valence-electron chi connectivity index (χ1n) is 8.72. The Morgan fingerprint density at radius 2 is 2.12 bits per heavy atom. The molecule has 0 spiro atoms. The minimum absolute atomic E-state index is 0. The Bertz CT molecular complexity index is 536. The van der Waals surface area contributed by atoms with Crippen molar-refractivity contribution in [2.75, 3.05) is 26.8 Å². The van der Waals surface area contributed by atoms with Gasteiger partial charge in [0.2, 0.25) is 5.91 Å². The Balaban J connectivity index is 0.00000156. The molecule has 8 heteroatoms. The molecule has 1 saturated carbocycles. The van der Waals surface area contributed by atoms with Crippen LogP contribution in [-0.2, 0) is 22.6 Å². The van der Waals surface area contributed by atoms with Gasteiger partial charge in [0.25, 0.3) is 0 Å². The lowest BCUT2D eigenvalue weighted by Crippen LogP contribution is -2.40. The molecule has 2 atom stereocenters. The number of halogens is 2. The van der Waals surface area contributed by atoms with Crippen LogP contribution in [0.25, 0.3) is 0 Å². The first-order chi connectivity index (χ1) is 11.2. The van der Waals surface area contributed by atoms with Gasteiger partial charge in [0.15, 0.2) is 0 Å². The summed E-state index contributed by atoms with van der Waals surface area (Å²) in [6, 6.07) is 0.303. The second-order valence-corrected chi connectivity index (χ2v) is 6.75. The van der Waals surface area contributed by atoms with E-state index in [2.05, 4.69) is 19.8 Å². The Kier molecular flexibility index (Phi) is 9.21. The number of amides is 1. The third kappa shape index (κ3) is 5.84. The first-order valence-corrected chi connectivity index (χ1v) is 8.72. The van der Waals surface area contributed by atoms with Crippen LogP contribution in [0.3, 0.4) is 0 Å². The summed E-state index contributed by atoms with van der Waals surface area (Å²) in [6.45, 7) is 6.30. The van der Waals surface area contributed by atoms with Crippen molar-refractivity contribution in [3.05, 3.63) is 18.2 Å². The number of imidazole rings is 1. The van der Waals surface area contributed by atoms with Gasteiger partial charge in [0.1, 0.15) is 5.82 Å². The average Bonchev–Trinajstić information content (AvgIpc) is 3.19. The third-order valence-corrected chi connectivity index (χ3v) is 5.04. The summed E-state index contributed by atoms with van der Waals surface area (Å²) in [5.41, 5.74) is 0. The van der Waals surface area contributed by atoms with Crippen LogP contribution >= 0.6 is 24.8 Å². The molecule has 144 valence electrons. The van der Waals surface area contributed by atoms with Gasteiger partial charge in [-0.25, -0.2) is 4.98 Å². The van der Waals surface area contributed by atoms with Crippen LogP contribution in [0, 0.1) is 11.8 Å². The Labute approximate surface area is 162 Å². The molecule has 25 heavy (non-hydrogen) atoms. The van der Waals surface area contributed by atoms with E-state index in [1.165, 1.54) is 12.8 Å². The van der Waals surface area contributed by atoms with E-state index in [1.54, 1.807) is 7.11 Å². The van der Waals surface area contributed by atoms with E-state index in [0.29, 0.717) is 25.0 Å². The molecule has 1 aliphatic carbocycles. The fraction of sp³-hybridized carbons (Fsp3) is 0.765. The SMILES string of the molecule is CCC(=O)N[C@H]1CN(Cc2nccn2CCOC)C[C@@H]1C1CC1.Cl.Cl. The van der Waals surface area contributed by atoms with Crippen molar-refractivity contribution in [2.24, 2.45) is 11.8 Å². The lowest BCUT2D eigenvalue weighted by molar-refractivity contribution is -0.121. The van der Waals surface area contributed by atoms with E-state index in [-0.39, 0.29) is 30.7 Å². The molecule has 2 fully saturated rings. The summed E-state index contributed by atoms with van der Waals surface area (Å²) < 4.78 is 7.32. The molecular formula is C17H30Cl2N4O2. The van der Waals surface area contributed by atoms with Gasteiger partial charge >= 0.3 is 0 Å². The Morgan fingerprint density at radius 1 is 1.36 bits per heavy atom. The maximum Gasteiger partial charge on any atom is 0.219 e. The number of likely N-dealkylation sites (tertiary alicyclic amines) is 1. The van der Waals surface area contributed by atoms with E-state index in [0.717, 1.165) is 37.9 Å². The van der Waals surface area contributed by atoms with Gasteiger partial charge in [-0.15, -0.1) is 24.8 Å². The fourth-order valence-corrected chi connectivity index (χ4v) is 3.59. The smallest absolute Gasteiger partial charge is 0.219 e. The van der Waals surface area contributed by atoms with Gasteiger partial charge in [-0.2, -0.15) is 0 Å². The van der Waals surface area contributed by atoms with Crippen molar-refractivity contribution in [3.63, 3.8) is 0 Å². The van der Waals surface area contributed by atoms with Crippen LogP contribution in [0.5, 0.6) is 0 Å². The number of rotatable bonds is 8. The van der Waals surface area contributed by atoms with Crippen molar-refractivity contribution in [1.29, 1.82) is 0 Å². The average molecular weight is 393 g/mol. The predicted molar refractivity (Wildman–Crippen MR) is 102 cm³/mol. The first kappa shape index (κ1) is 22.2. The fourth-order valence-electron chi connectivity index (χ4n) is 3.59. The van der Waals surface area contributed by atoms with E-state index in [9.17, 15) is 4.79 Å². The summed E-state index contributed by atoms with van der Waals surface area (Å²) in [4.78, 5) is 18.7. The number of nitrogens with one attached hydrogen (secondary N) is 1. The van der Waals surface area contributed by atoms with Crippen LogP contribution in [0.15, 0.2) is 12.4 Å². The van der Waals surface area contributed by atoms with E-state index in [4.69, 9.17) is 4.74 Å². The highest BCUT2D eigenvalue weighted by molar-refractivity contribution is 5.85. The number of hydrogen-bond acceptors (Lipinski definition) is 4. The largest absolute Gasteiger partial charge is 0.383 e. The van der Waals surface area contributed by atoms with Crippen LogP contribution < -0.4 is 5.32 Å². The second kappa shape index (κ2) is 10.4. The van der Waals surface area contributed by atoms with E-state index < -0.39 is 0 Å². The maximum absolute atomic E-state index is 11.8. The van der Waals surface area contributed by atoms with Gasteiger partial charge < -0.3 is 14.6 Å². The van der Waals surface area contributed by atoms with Gasteiger partial charge in [0.05, 0.1) is 13.2 Å². The number of carbonyl (C=O) groups is 1. The number of carbonyl (C=O) groups excluding carboxylic acids is 1. The quantitative estimate of drug-likeness (QED) is 0.735. The van der Waals surface area contributed by atoms with Gasteiger partial charge in [-0.1, -0.05) is 6.92 Å². The molecule has 0 unspecified atom stereocenters. The highest BCUT2D eigenvalue weighted by atomic mass is 35.5. The van der Waals surface area contributed by atoms with Crippen LogP contribution in [-0.4, -0.2) is 53.2 Å². The molecule has 1 amide bonds. The lowest BCUT2D eigenvalue weighted by atomic mass is 9.98. The summed E-state index contributed by atoms with van der Waals surface area (Å²) in [6.07, 6.45) is 7.07. The predicted octanol–water partition coefficient (Wildman–Crippen LogP) is 2.11. The summed E-state index contributed by atoms with van der Waals surface area (Å²) in [5, 5.41) is 3.23. The third-order valence-electron chi connectivity index (χ3n) is 5.04. The monoisotopic (exact) mass is 392 g/mol. The highest BCUT2D eigenvalue weighted by Crippen LogP contribution is 2.41. The second-order valence-electron chi connectivity index (χ2n) is 6.75. The number of methoxy groups -OCH3 is 1. The van der Waals surface area contributed by atoms with Crippen LogP contribution in [0.2, 0.25) is 0 Å².